The van der Waals surface area contributed by atoms with Crippen LogP contribution >= 0.6 is 0 Å². The van der Waals surface area contributed by atoms with Crippen LogP contribution in [0.25, 0.3) is 0 Å². The monoisotopic (exact) mass is 383 g/mol. The van der Waals surface area contributed by atoms with Gasteiger partial charge in [0.05, 0.1) is 23.8 Å². The molecule has 1 aliphatic carbocycles. The van der Waals surface area contributed by atoms with Gasteiger partial charge >= 0.3 is 11.9 Å². The molecule has 154 valence electrons. The van der Waals surface area contributed by atoms with Crippen LogP contribution in [0, 0.1) is 11.3 Å². The van der Waals surface area contributed by atoms with Gasteiger partial charge in [0.25, 0.3) is 0 Å². The highest BCUT2D eigenvalue weighted by Crippen LogP contribution is 2.44. The van der Waals surface area contributed by atoms with Gasteiger partial charge in [-0.1, -0.05) is 12.8 Å². The lowest BCUT2D eigenvalue weighted by Crippen LogP contribution is -2.46. The Labute approximate surface area is 161 Å². The fourth-order valence-electron chi connectivity index (χ4n) is 3.94. The van der Waals surface area contributed by atoms with E-state index in [0.717, 1.165) is 25.7 Å². The van der Waals surface area contributed by atoms with E-state index in [1.807, 2.05) is 20.8 Å². The molecule has 7 heteroatoms. The molecular formula is C20H33NO6. The number of carbonyl (C=O) groups excluding carboxylic acids is 3. The molecule has 0 aromatic rings. The highest BCUT2D eigenvalue weighted by atomic mass is 16.6. The van der Waals surface area contributed by atoms with Gasteiger partial charge in [-0.25, -0.2) is 0 Å². The van der Waals surface area contributed by atoms with Crippen LogP contribution in [0.1, 0.15) is 65.7 Å². The molecule has 1 saturated heterocycles. The lowest BCUT2D eigenvalue weighted by Gasteiger charge is -2.33. The van der Waals surface area contributed by atoms with E-state index < -0.39 is 16.9 Å². The number of amides is 1. The van der Waals surface area contributed by atoms with Crippen molar-refractivity contribution in [3.63, 3.8) is 0 Å². The highest BCUT2D eigenvalue weighted by molar-refractivity contribution is 5.85. The van der Waals surface area contributed by atoms with E-state index >= 15 is 0 Å². The summed E-state index contributed by atoms with van der Waals surface area (Å²) < 4.78 is 15.7. The molecule has 0 aromatic heterocycles. The zero-order valence-electron chi connectivity index (χ0n) is 17.0. The predicted octanol–water partition coefficient (Wildman–Crippen LogP) is 2.36. The number of methoxy groups -OCH3 is 1. The van der Waals surface area contributed by atoms with Crippen molar-refractivity contribution >= 4 is 17.8 Å². The normalized spacial score (nSPS) is 23.0. The molecule has 0 spiro atoms. The summed E-state index contributed by atoms with van der Waals surface area (Å²) in [5.41, 5.74) is -1.17. The largest absolute Gasteiger partial charge is 0.463 e. The summed E-state index contributed by atoms with van der Waals surface area (Å²) in [6.45, 7) is 6.18. The van der Waals surface area contributed by atoms with E-state index in [-0.39, 0.29) is 36.9 Å². The Balaban J connectivity index is 2.10. The third kappa shape index (κ3) is 6.19. The molecule has 0 bridgehead atoms. The van der Waals surface area contributed by atoms with Crippen LogP contribution < -0.4 is 5.32 Å². The zero-order chi connectivity index (χ0) is 20.1. The first-order valence-electron chi connectivity index (χ1n) is 9.83. The van der Waals surface area contributed by atoms with E-state index in [9.17, 15) is 14.4 Å². The van der Waals surface area contributed by atoms with E-state index in [1.54, 1.807) is 7.11 Å². The summed E-state index contributed by atoms with van der Waals surface area (Å²) in [6, 6.07) is -0.276. The van der Waals surface area contributed by atoms with Crippen LogP contribution in [0.5, 0.6) is 0 Å². The van der Waals surface area contributed by atoms with Gasteiger partial charge in [0.2, 0.25) is 5.91 Å². The van der Waals surface area contributed by atoms with Crippen molar-refractivity contribution in [3.05, 3.63) is 0 Å². The van der Waals surface area contributed by atoms with E-state index in [4.69, 9.17) is 14.2 Å². The van der Waals surface area contributed by atoms with Crippen molar-refractivity contribution < 1.29 is 28.6 Å². The molecule has 1 aliphatic heterocycles. The molecule has 2 rings (SSSR count). The lowest BCUT2D eigenvalue weighted by atomic mass is 9.75. The maximum absolute atomic E-state index is 13.1. The number of esters is 2. The van der Waals surface area contributed by atoms with Crippen molar-refractivity contribution in [2.75, 3.05) is 20.3 Å². The average molecular weight is 383 g/mol. The molecule has 1 N–H and O–H groups in total. The van der Waals surface area contributed by atoms with Gasteiger partial charge in [0.1, 0.15) is 12.2 Å². The summed E-state index contributed by atoms with van der Waals surface area (Å²) in [5, 5.41) is 2.97. The summed E-state index contributed by atoms with van der Waals surface area (Å²) in [4.78, 5) is 37.1. The van der Waals surface area contributed by atoms with E-state index in [1.165, 1.54) is 0 Å². The predicted molar refractivity (Wildman–Crippen MR) is 98.9 cm³/mol. The summed E-state index contributed by atoms with van der Waals surface area (Å²) >= 11 is 0. The molecule has 2 fully saturated rings. The van der Waals surface area contributed by atoms with Crippen molar-refractivity contribution in [2.24, 2.45) is 11.3 Å². The Morgan fingerprint density at radius 2 is 1.96 bits per heavy atom. The van der Waals surface area contributed by atoms with Crippen molar-refractivity contribution in [1.82, 2.24) is 5.32 Å². The number of carbonyl (C=O) groups is 3. The van der Waals surface area contributed by atoms with Gasteiger partial charge in [0, 0.05) is 13.7 Å². The molecule has 27 heavy (non-hydrogen) atoms. The van der Waals surface area contributed by atoms with Crippen LogP contribution in [0.15, 0.2) is 0 Å². The number of ether oxygens (including phenoxy) is 3. The van der Waals surface area contributed by atoms with Crippen molar-refractivity contribution in [2.45, 2.75) is 77.4 Å². The first-order valence-corrected chi connectivity index (χ1v) is 9.83. The number of rotatable bonds is 8. The quantitative estimate of drug-likeness (QED) is 0.647. The zero-order valence-corrected chi connectivity index (χ0v) is 17.0. The Morgan fingerprint density at radius 3 is 2.48 bits per heavy atom. The minimum Gasteiger partial charge on any atom is -0.463 e. The summed E-state index contributed by atoms with van der Waals surface area (Å²) in [6.07, 6.45) is 4.57. The number of cyclic esters (lactones) is 1. The second kappa shape index (κ2) is 9.04. The Morgan fingerprint density at radius 1 is 1.30 bits per heavy atom. The van der Waals surface area contributed by atoms with Crippen LogP contribution in [0.3, 0.4) is 0 Å². The molecule has 7 nitrogen and oxygen atoms in total. The van der Waals surface area contributed by atoms with Crippen LogP contribution in [-0.4, -0.2) is 49.8 Å². The topological polar surface area (TPSA) is 90.9 Å². The highest BCUT2D eigenvalue weighted by Gasteiger charge is 2.45. The minimum atomic E-state index is -0.596. The minimum absolute atomic E-state index is 0.0747. The van der Waals surface area contributed by atoms with Crippen LogP contribution in [0.2, 0.25) is 0 Å². The molecule has 1 unspecified atom stereocenters. The van der Waals surface area contributed by atoms with Crippen molar-refractivity contribution in [3.8, 4) is 0 Å². The first-order chi connectivity index (χ1) is 12.6. The first kappa shape index (κ1) is 21.7. The fraction of sp³-hybridized carbons (Fsp3) is 0.850. The molecule has 1 heterocycles. The van der Waals surface area contributed by atoms with Gasteiger partial charge in [-0.15, -0.1) is 0 Å². The molecule has 2 aliphatic rings. The Bertz CT molecular complexity index is 547. The van der Waals surface area contributed by atoms with E-state index in [2.05, 4.69) is 5.32 Å². The molecule has 2 atom stereocenters. The maximum Gasteiger partial charge on any atom is 0.309 e. The van der Waals surface area contributed by atoms with Crippen molar-refractivity contribution in [1.29, 1.82) is 0 Å². The Kier molecular flexibility index (Phi) is 7.25. The molecule has 1 saturated carbocycles. The smallest absolute Gasteiger partial charge is 0.309 e. The number of hydrogen-bond acceptors (Lipinski definition) is 6. The van der Waals surface area contributed by atoms with Gasteiger partial charge in [0.15, 0.2) is 0 Å². The number of nitrogens with one attached hydrogen (secondary N) is 1. The summed E-state index contributed by atoms with van der Waals surface area (Å²) in [5.74, 6) is -1.03. The van der Waals surface area contributed by atoms with Gasteiger partial charge in [-0.3, -0.25) is 14.4 Å². The van der Waals surface area contributed by atoms with Crippen LogP contribution in [0.4, 0.5) is 0 Å². The standard InChI is InChI=1S/C20H33NO6/c1-19(2,3)27-17(23)14(7-10-25-4)12-20(8-5-6-9-20)18(24)21-15-11-16(22)26-13-15/h14-15H,5-13H2,1-4H3,(H,21,24)/t14-,15?/m1/s1. The third-order valence-corrected chi connectivity index (χ3v) is 5.28. The lowest BCUT2D eigenvalue weighted by molar-refractivity contribution is -0.162. The third-order valence-electron chi connectivity index (χ3n) is 5.28. The second-order valence-corrected chi connectivity index (χ2v) is 8.76. The second-order valence-electron chi connectivity index (χ2n) is 8.76. The number of hydrogen-bond donors (Lipinski definition) is 1. The average Bonchev–Trinajstić information content (AvgIpc) is 3.19. The SMILES string of the molecule is COCC[C@H](CC1(C(=O)NC2COC(=O)C2)CCCC1)C(=O)OC(C)(C)C. The van der Waals surface area contributed by atoms with Crippen LogP contribution in [-0.2, 0) is 28.6 Å². The molecule has 1 amide bonds. The van der Waals surface area contributed by atoms with Gasteiger partial charge < -0.3 is 19.5 Å². The molecular weight excluding hydrogens is 350 g/mol. The van der Waals surface area contributed by atoms with Gasteiger partial charge in [-0.05, 0) is 46.5 Å². The fourth-order valence-corrected chi connectivity index (χ4v) is 3.94. The van der Waals surface area contributed by atoms with E-state index in [0.29, 0.717) is 19.4 Å². The Hall–Kier alpha value is -1.63. The van der Waals surface area contributed by atoms with Gasteiger partial charge in [-0.2, -0.15) is 0 Å². The maximum atomic E-state index is 13.1. The molecule has 0 aromatic carbocycles. The summed E-state index contributed by atoms with van der Waals surface area (Å²) in [7, 11) is 1.60. The molecule has 0 radical (unpaired) electrons.